The molecule has 158 valence electrons. The highest BCUT2D eigenvalue weighted by Gasteiger charge is 2.17. The van der Waals surface area contributed by atoms with Crippen molar-refractivity contribution in [1.29, 1.82) is 0 Å². The van der Waals surface area contributed by atoms with E-state index < -0.39 is 0 Å². The van der Waals surface area contributed by atoms with Crippen LogP contribution < -0.4 is 14.8 Å². The standard InChI is InChI=1S/C22H19ClN4O3S/c1-13-24-11-20(26-21(28)15-6-9-18(29-2)19(10-15)30-3)27(13)22-25-17(12-31-22)14-4-7-16(23)8-5-14/h4-12H,1-3H3,(H,26,28). The molecule has 0 aliphatic carbocycles. The number of thiazole rings is 1. The van der Waals surface area contributed by atoms with Gasteiger partial charge in [-0.2, -0.15) is 0 Å². The SMILES string of the molecule is COc1ccc(C(=O)Nc2cnc(C)n2-c2nc(-c3ccc(Cl)cc3)cs2)cc1OC. The van der Waals surface area contributed by atoms with Crippen LogP contribution in [0.25, 0.3) is 16.4 Å². The number of benzene rings is 2. The van der Waals surface area contributed by atoms with Crippen LogP contribution in [0.2, 0.25) is 5.02 Å². The molecule has 4 aromatic rings. The fourth-order valence-corrected chi connectivity index (χ4v) is 4.08. The number of rotatable bonds is 6. The van der Waals surface area contributed by atoms with Crippen LogP contribution in [0.5, 0.6) is 11.5 Å². The van der Waals surface area contributed by atoms with Crippen LogP contribution in [0.4, 0.5) is 5.82 Å². The van der Waals surface area contributed by atoms with Crippen molar-refractivity contribution in [2.75, 3.05) is 19.5 Å². The highest BCUT2D eigenvalue weighted by Crippen LogP contribution is 2.30. The van der Waals surface area contributed by atoms with E-state index in [1.165, 1.54) is 18.4 Å². The summed E-state index contributed by atoms with van der Waals surface area (Å²) in [5.74, 6) is 1.97. The van der Waals surface area contributed by atoms with Crippen molar-refractivity contribution in [2.24, 2.45) is 0 Å². The largest absolute Gasteiger partial charge is 0.493 e. The molecule has 4 rings (SSSR count). The number of methoxy groups -OCH3 is 2. The molecule has 1 amide bonds. The number of hydrogen-bond donors (Lipinski definition) is 1. The molecule has 0 spiro atoms. The molecule has 0 saturated carbocycles. The number of nitrogens with zero attached hydrogens (tertiary/aromatic N) is 3. The van der Waals surface area contributed by atoms with Gasteiger partial charge in [-0.1, -0.05) is 23.7 Å². The predicted molar refractivity (Wildman–Crippen MR) is 122 cm³/mol. The second-order valence-corrected chi connectivity index (χ2v) is 7.85. The average molecular weight is 455 g/mol. The maximum atomic E-state index is 12.9. The first-order valence-corrected chi connectivity index (χ1v) is 10.6. The highest BCUT2D eigenvalue weighted by molar-refractivity contribution is 7.12. The first-order valence-electron chi connectivity index (χ1n) is 9.29. The first-order chi connectivity index (χ1) is 15.0. The Hall–Kier alpha value is -3.36. The molecule has 0 atom stereocenters. The molecule has 31 heavy (non-hydrogen) atoms. The molecule has 0 saturated heterocycles. The van der Waals surface area contributed by atoms with Crippen LogP contribution in [0.1, 0.15) is 16.2 Å². The van der Waals surface area contributed by atoms with E-state index in [-0.39, 0.29) is 5.91 Å². The molecule has 7 nitrogen and oxygen atoms in total. The summed E-state index contributed by atoms with van der Waals surface area (Å²) in [5.41, 5.74) is 2.21. The van der Waals surface area contributed by atoms with Gasteiger partial charge in [-0.05, 0) is 37.3 Å². The summed E-state index contributed by atoms with van der Waals surface area (Å²) >= 11 is 7.44. The Morgan fingerprint density at radius 3 is 2.55 bits per heavy atom. The lowest BCUT2D eigenvalue weighted by atomic mass is 10.2. The predicted octanol–water partition coefficient (Wildman–Crippen LogP) is 5.23. The summed E-state index contributed by atoms with van der Waals surface area (Å²) in [6.45, 7) is 1.86. The second kappa shape index (κ2) is 8.79. The molecule has 2 heterocycles. The van der Waals surface area contributed by atoms with Gasteiger partial charge in [0.15, 0.2) is 16.6 Å². The average Bonchev–Trinajstić information content (AvgIpc) is 3.40. The van der Waals surface area contributed by atoms with E-state index in [4.69, 9.17) is 26.1 Å². The second-order valence-electron chi connectivity index (χ2n) is 6.57. The van der Waals surface area contributed by atoms with E-state index in [0.29, 0.717) is 38.9 Å². The van der Waals surface area contributed by atoms with Crippen molar-refractivity contribution in [3.8, 4) is 27.9 Å². The number of aromatic nitrogens is 3. The van der Waals surface area contributed by atoms with Crippen LogP contribution in [-0.2, 0) is 0 Å². The number of amides is 1. The summed E-state index contributed by atoms with van der Waals surface area (Å²) in [6.07, 6.45) is 1.61. The molecule has 0 aliphatic heterocycles. The number of nitrogens with one attached hydrogen (secondary N) is 1. The number of imidazole rings is 1. The number of aryl methyl sites for hydroxylation is 1. The van der Waals surface area contributed by atoms with Crippen LogP contribution in [-0.4, -0.2) is 34.7 Å². The molecule has 0 aliphatic rings. The van der Waals surface area contributed by atoms with E-state index in [1.807, 2.05) is 41.1 Å². The molecular formula is C22H19ClN4O3S. The topological polar surface area (TPSA) is 78.3 Å². The summed E-state index contributed by atoms with van der Waals surface area (Å²) in [7, 11) is 3.07. The van der Waals surface area contributed by atoms with Crippen LogP contribution in [0, 0.1) is 6.92 Å². The molecule has 1 N–H and O–H groups in total. The van der Waals surface area contributed by atoms with Gasteiger partial charge < -0.3 is 14.8 Å². The van der Waals surface area contributed by atoms with Gasteiger partial charge >= 0.3 is 0 Å². The monoisotopic (exact) mass is 454 g/mol. The quantitative estimate of drug-likeness (QED) is 0.431. The van der Waals surface area contributed by atoms with E-state index in [0.717, 1.165) is 11.3 Å². The van der Waals surface area contributed by atoms with Gasteiger partial charge in [-0.3, -0.25) is 9.36 Å². The number of hydrogen-bond acceptors (Lipinski definition) is 6. The van der Waals surface area contributed by atoms with Crippen molar-refractivity contribution < 1.29 is 14.3 Å². The fourth-order valence-electron chi connectivity index (χ4n) is 3.06. The smallest absolute Gasteiger partial charge is 0.256 e. The molecule has 2 aromatic heterocycles. The third kappa shape index (κ3) is 4.26. The van der Waals surface area contributed by atoms with Crippen molar-refractivity contribution in [3.63, 3.8) is 0 Å². The zero-order valence-corrected chi connectivity index (χ0v) is 18.6. The Morgan fingerprint density at radius 1 is 1.10 bits per heavy atom. The Morgan fingerprint density at radius 2 is 1.84 bits per heavy atom. The molecule has 0 unspecified atom stereocenters. The molecule has 9 heteroatoms. The summed E-state index contributed by atoms with van der Waals surface area (Å²) < 4.78 is 12.3. The summed E-state index contributed by atoms with van der Waals surface area (Å²) in [6, 6.07) is 12.5. The van der Waals surface area contributed by atoms with Crippen molar-refractivity contribution >= 4 is 34.7 Å². The Labute approximate surface area is 188 Å². The number of carbonyl (C=O) groups excluding carboxylic acids is 1. The molecular weight excluding hydrogens is 436 g/mol. The van der Waals surface area contributed by atoms with Crippen molar-refractivity contribution in [2.45, 2.75) is 6.92 Å². The van der Waals surface area contributed by atoms with Crippen LogP contribution in [0.3, 0.4) is 0 Å². The third-order valence-electron chi connectivity index (χ3n) is 4.65. The lowest BCUT2D eigenvalue weighted by Gasteiger charge is -2.11. The lowest BCUT2D eigenvalue weighted by Crippen LogP contribution is -2.15. The normalized spacial score (nSPS) is 10.7. The van der Waals surface area contributed by atoms with Gasteiger partial charge in [0.1, 0.15) is 11.6 Å². The zero-order chi connectivity index (χ0) is 22.0. The van der Waals surface area contributed by atoms with Crippen molar-refractivity contribution in [1.82, 2.24) is 14.5 Å². The molecule has 2 aromatic carbocycles. The van der Waals surface area contributed by atoms with Gasteiger partial charge in [0.05, 0.1) is 26.1 Å². The minimum absolute atomic E-state index is 0.295. The minimum atomic E-state index is -0.295. The first kappa shape index (κ1) is 20.9. The van der Waals surface area contributed by atoms with Gasteiger partial charge in [0.25, 0.3) is 5.91 Å². The number of anilines is 1. The van der Waals surface area contributed by atoms with Crippen molar-refractivity contribution in [3.05, 3.63) is 70.5 Å². The Bertz CT molecular complexity index is 1230. The van der Waals surface area contributed by atoms with Gasteiger partial charge in [0.2, 0.25) is 0 Å². The van der Waals surface area contributed by atoms with Crippen LogP contribution in [0.15, 0.2) is 54.0 Å². The van der Waals surface area contributed by atoms with E-state index in [9.17, 15) is 4.79 Å². The number of ether oxygens (including phenoxy) is 2. The zero-order valence-electron chi connectivity index (χ0n) is 17.0. The molecule has 0 radical (unpaired) electrons. The number of halogens is 1. The Kier molecular flexibility index (Phi) is 5.92. The fraction of sp³-hybridized carbons (Fsp3) is 0.136. The molecule has 0 bridgehead atoms. The maximum absolute atomic E-state index is 12.9. The maximum Gasteiger partial charge on any atom is 0.256 e. The van der Waals surface area contributed by atoms with Crippen LogP contribution >= 0.6 is 22.9 Å². The Balaban J connectivity index is 1.61. The van der Waals surface area contributed by atoms with E-state index in [2.05, 4.69) is 10.3 Å². The van der Waals surface area contributed by atoms with Gasteiger partial charge in [0, 0.05) is 21.5 Å². The third-order valence-corrected chi connectivity index (χ3v) is 5.73. The number of carbonyl (C=O) groups is 1. The van der Waals surface area contributed by atoms with Gasteiger partial charge in [-0.25, -0.2) is 9.97 Å². The summed E-state index contributed by atoms with van der Waals surface area (Å²) in [5, 5.41) is 6.23. The lowest BCUT2D eigenvalue weighted by molar-refractivity contribution is 0.102. The highest BCUT2D eigenvalue weighted by atomic mass is 35.5. The minimum Gasteiger partial charge on any atom is -0.493 e. The summed E-state index contributed by atoms with van der Waals surface area (Å²) in [4.78, 5) is 21.9. The van der Waals surface area contributed by atoms with Gasteiger partial charge in [-0.15, -0.1) is 11.3 Å². The van der Waals surface area contributed by atoms with E-state index in [1.54, 1.807) is 31.5 Å². The molecule has 0 fully saturated rings. The van der Waals surface area contributed by atoms with E-state index >= 15 is 0 Å².